The van der Waals surface area contributed by atoms with Crippen LogP contribution in [0.4, 0.5) is 4.39 Å². The molecular formula is C16H21FO3. The van der Waals surface area contributed by atoms with Crippen molar-refractivity contribution in [1.29, 1.82) is 0 Å². The van der Waals surface area contributed by atoms with Crippen LogP contribution in [0.15, 0.2) is 18.2 Å². The number of carbonyl (C=O) groups is 1. The second-order valence-electron chi connectivity index (χ2n) is 5.41. The summed E-state index contributed by atoms with van der Waals surface area (Å²) in [7, 11) is 0. The molecule has 0 spiro atoms. The molecule has 0 aliphatic heterocycles. The highest BCUT2D eigenvalue weighted by molar-refractivity contribution is 5.89. The predicted molar refractivity (Wildman–Crippen MR) is 74.2 cm³/mol. The molecule has 110 valence electrons. The van der Waals surface area contributed by atoms with Gasteiger partial charge in [-0.05, 0) is 36.5 Å². The van der Waals surface area contributed by atoms with Gasteiger partial charge in [-0.1, -0.05) is 32.3 Å². The third-order valence-electron chi connectivity index (χ3n) is 4.12. The minimum absolute atomic E-state index is 0.00569. The standard InChI is InChI=1S/C16H21FO3/c1-2-11-5-3-4-6-15(11)20-10-12-7-8-13(17)9-14(12)16(18)19/h7-9,11,15H,2-6,10H2,1H3,(H,18,19). The molecule has 2 rings (SSSR count). The molecule has 1 aromatic carbocycles. The summed E-state index contributed by atoms with van der Waals surface area (Å²) in [6.45, 7) is 2.40. The quantitative estimate of drug-likeness (QED) is 0.886. The van der Waals surface area contributed by atoms with E-state index in [0.29, 0.717) is 11.5 Å². The average Bonchev–Trinajstić information content (AvgIpc) is 2.46. The summed E-state index contributed by atoms with van der Waals surface area (Å²) in [6.07, 6.45) is 5.89. The molecule has 1 aliphatic rings. The predicted octanol–water partition coefficient (Wildman–Crippen LogP) is 4.01. The van der Waals surface area contributed by atoms with Crippen molar-refractivity contribution < 1.29 is 19.0 Å². The van der Waals surface area contributed by atoms with Gasteiger partial charge in [-0.15, -0.1) is 0 Å². The van der Waals surface area contributed by atoms with Crippen LogP contribution in [-0.4, -0.2) is 17.2 Å². The van der Waals surface area contributed by atoms with Gasteiger partial charge in [-0.3, -0.25) is 0 Å². The van der Waals surface area contributed by atoms with E-state index in [1.165, 1.54) is 25.0 Å². The van der Waals surface area contributed by atoms with E-state index in [9.17, 15) is 9.18 Å². The molecule has 20 heavy (non-hydrogen) atoms. The van der Waals surface area contributed by atoms with Crippen molar-refractivity contribution in [3.8, 4) is 0 Å². The average molecular weight is 280 g/mol. The van der Waals surface area contributed by atoms with E-state index in [1.54, 1.807) is 0 Å². The van der Waals surface area contributed by atoms with E-state index in [2.05, 4.69) is 6.92 Å². The lowest BCUT2D eigenvalue weighted by molar-refractivity contribution is -0.0225. The van der Waals surface area contributed by atoms with Crippen molar-refractivity contribution in [2.24, 2.45) is 5.92 Å². The van der Waals surface area contributed by atoms with Crippen molar-refractivity contribution in [3.63, 3.8) is 0 Å². The summed E-state index contributed by atoms with van der Waals surface area (Å²) < 4.78 is 19.0. The monoisotopic (exact) mass is 280 g/mol. The molecule has 1 fully saturated rings. The van der Waals surface area contributed by atoms with Gasteiger partial charge in [0.25, 0.3) is 0 Å². The molecule has 1 saturated carbocycles. The van der Waals surface area contributed by atoms with Gasteiger partial charge in [0.2, 0.25) is 0 Å². The molecule has 0 heterocycles. The second-order valence-corrected chi connectivity index (χ2v) is 5.41. The molecule has 0 saturated heterocycles. The van der Waals surface area contributed by atoms with Gasteiger partial charge in [0.05, 0.1) is 18.3 Å². The van der Waals surface area contributed by atoms with E-state index < -0.39 is 11.8 Å². The molecule has 0 bridgehead atoms. The van der Waals surface area contributed by atoms with Crippen molar-refractivity contribution in [3.05, 3.63) is 35.1 Å². The van der Waals surface area contributed by atoms with Crippen LogP contribution in [0.5, 0.6) is 0 Å². The molecule has 4 heteroatoms. The van der Waals surface area contributed by atoms with Gasteiger partial charge in [0.15, 0.2) is 0 Å². The van der Waals surface area contributed by atoms with Gasteiger partial charge >= 0.3 is 5.97 Å². The number of carboxylic acid groups (broad SMARTS) is 1. The number of benzene rings is 1. The van der Waals surface area contributed by atoms with Crippen LogP contribution in [0, 0.1) is 11.7 Å². The van der Waals surface area contributed by atoms with Gasteiger partial charge in [-0.25, -0.2) is 9.18 Å². The molecule has 0 amide bonds. The Morgan fingerprint density at radius 1 is 1.40 bits per heavy atom. The first kappa shape index (κ1) is 15.0. The maximum atomic E-state index is 13.1. The highest BCUT2D eigenvalue weighted by atomic mass is 19.1. The Hall–Kier alpha value is -1.42. The molecular weight excluding hydrogens is 259 g/mol. The maximum Gasteiger partial charge on any atom is 0.336 e. The summed E-state index contributed by atoms with van der Waals surface area (Å²) >= 11 is 0. The summed E-state index contributed by atoms with van der Waals surface area (Å²) in [5, 5.41) is 9.10. The van der Waals surface area contributed by atoms with Gasteiger partial charge in [0.1, 0.15) is 5.82 Å². The zero-order chi connectivity index (χ0) is 14.5. The number of hydrogen-bond donors (Lipinski definition) is 1. The molecule has 3 nitrogen and oxygen atoms in total. The van der Waals surface area contributed by atoms with Crippen LogP contribution >= 0.6 is 0 Å². The Kier molecular flexibility index (Phi) is 5.12. The van der Waals surface area contributed by atoms with Gasteiger partial charge < -0.3 is 9.84 Å². The fraction of sp³-hybridized carbons (Fsp3) is 0.562. The molecule has 1 aliphatic carbocycles. The SMILES string of the molecule is CCC1CCCCC1OCc1ccc(F)cc1C(=O)O. The normalized spacial score (nSPS) is 22.7. The van der Waals surface area contributed by atoms with E-state index in [4.69, 9.17) is 9.84 Å². The molecule has 2 atom stereocenters. The Bertz CT molecular complexity index is 473. The first-order valence-electron chi connectivity index (χ1n) is 7.25. The zero-order valence-electron chi connectivity index (χ0n) is 11.8. The summed E-state index contributed by atoms with van der Waals surface area (Å²) in [4.78, 5) is 11.1. The largest absolute Gasteiger partial charge is 0.478 e. The molecule has 1 N–H and O–H groups in total. The minimum Gasteiger partial charge on any atom is -0.478 e. The van der Waals surface area contributed by atoms with Crippen molar-refractivity contribution in [2.45, 2.75) is 51.7 Å². The van der Waals surface area contributed by atoms with Gasteiger partial charge in [0, 0.05) is 0 Å². The Balaban J connectivity index is 2.04. The lowest BCUT2D eigenvalue weighted by Gasteiger charge is -2.31. The van der Waals surface area contributed by atoms with E-state index in [0.717, 1.165) is 25.3 Å². The van der Waals surface area contributed by atoms with E-state index in [-0.39, 0.29) is 18.3 Å². The first-order valence-corrected chi connectivity index (χ1v) is 7.25. The van der Waals surface area contributed by atoms with E-state index >= 15 is 0 Å². The Labute approximate surface area is 118 Å². The lowest BCUT2D eigenvalue weighted by Crippen LogP contribution is -2.27. The third-order valence-corrected chi connectivity index (χ3v) is 4.12. The van der Waals surface area contributed by atoms with Crippen molar-refractivity contribution in [2.75, 3.05) is 0 Å². The first-order chi connectivity index (χ1) is 9.61. The summed E-state index contributed by atoms with van der Waals surface area (Å²) in [5.41, 5.74) is 0.535. The van der Waals surface area contributed by atoms with Crippen LogP contribution in [0.1, 0.15) is 54.9 Å². The number of halogens is 1. The highest BCUT2D eigenvalue weighted by Crippen LogP contribution is 2.30. The summed E-state index contributed by atoms with van der Waals surface area (Å²) in [5.74, 6) is -1.09. The molecule has 0 radical (unpaired) electrons. The maximum absolute atomic E-state index is 13.1. The lowest BCUT2D eigenvalue weighted by atomic mass is 9.85. The topological polar surface area (TPSA) is 46.5 Å². The van der Waals surface area contributed by atoms with E-state index in [1.807, 2.05) is 0 Å². The number of hydrogen-bond acceptors (Lipinski definition) is 2. The Morgan fingerprint density at radius 2 is 2.15 bits per heavy atom. The minimum atomic E-state index is -1.11. The smallest absolute Gasteiger partial charge is 0.336 e. The zero-order valence-corrected chi connectivity index (χ0v) is 11.8. The molecule has 2 unspecified atom stereocenters. The second kappa shape index (κ2) is 6.84. The van der Waals surface area contributed by atoms with Crippen molar-refractivity contribution >= 4 is 5.97 Å². The molecule has 0 aromatic heterocycles. The molecule has 1 aromatic rings. The van der Waals surface area contributed by atoms with Crippen LogP contribution in [0.25, 0.3) is 0 Å². The van der Waals surface area contributed by atoms with Crippen LogP contribution < -0.4 is 0 Å². The fourth-order valence-electron chi connectivity index (χ4n) is 2.93. The number of rotatable bonds is 5. The number of ether oxygens (including phenoxy) is 1. The van der Waals surface area contributed by atoms with Crippen LogP contribution in [0.3, 0.4) is 0 Å². The fourth-order valence-corrected chi connectivity index (χ4v) is 2.93. The number of aromatic carboxylic acids is 1. The Morgan fingerprint density at radius 3 is 2.85 bits per heavy atom. The summed E-state index contributed by atoms with van der Waals surface area (Å²) in [6, 6.07) is 3.84. The number of carboxylic acids is 1. The third kappa shape index (κ3) is 3.57. The van der Waals surface area contributed by atoms with Crippen LogP contribution in [0.2, 0.25) is 0 Å². The van der Waals surface area contributed by atoms with Crippen LogP contribution in [-0.2, 0) is 11.3 Å². The van der Waals surface area contributed by atoms with Crippen molar-refractivity contribution in [1.82, 2.24) is 0 Å². The van der Waals surface area contributed by atoms with Gasteiger partial charge in [-0.2, -0.15) is 0 Å². The highest BCUT2D eigenvalue weighted by Gasteiger charge is 2.24.